The van der Waals surface area contributed by atoms with E-state index in [0.717, 1.165) is 31.4 Å². The van der Waals surface area contributed by atoms with Gasteiger partial charge in [0.2, 0.25) is 0 Å². The molecule has 3 heteroatoms. The third-order valence-corrected chi connectivity index (χ3v) is 3.08. The SMILES string of the molecule is NC(=CCCO)CCCCCCCCC=CCCO. The van der Waals surface area contributed by atoms with Crippen LogP contribution in [0.5, 0.6) is 0 Å². The van der Waals surface area contributed by atoms with Crippen molar-refractivity contribution in [2.24, 2.45) is 5.73 Å². The molecule has 0 unspecified atom stereocenters. The van der Waals surface area contributed by atoms with Gasteiger partial charge >= 0.3 is 0 Å². The molecule has 0 aromatic heterocycles. The summed E-state index contributed by atoms with van der Waals surface area (Å²) < 4.78 is 0. The van der Waals surface area contributed by atoms with Crippen LogP contribution >= 0.6 is 0 Å². The summed E-state index contributed by atoms with van der Waals surface area (Å²) in [5, 5.41) is 17.3. The number of unbranched alkanes of at least 4 members (excludes halogenated alkanes) is 6. The molecule has 0 heterocycles. The first-order chi connectivity index (χ1) is 9.31. The van der Waals surface area contributed by atoms with Gasteiger partial charge in [-0.05, 0) is 38.5 Å². The molecule has 0 saturated heterocycles. The number of aliphatic hydroxyl groups excluding tert-OH is 2. The fourth-order valence-electron chi connectivity index (χ4n) is 1.96. The van der Waals surface area contributed by atoms with Crippen molar-refractivity contribution in [1.82, 2.24) is 0 Å². The Labute approximate surface area is 118 Å². The quantitative estimate of drug-likeness (QED) is 0.355. The maximum Gasteiger partial charge on any atom is 0.0466 e. The van der Waals surface area contributed by atoms with Crippen LogP contribution in [-0.4, -0.2) is 23.4 Å². The molecule has 0 aromatic rings. The molecule has 0 fully saturated rings. The largest absolute Gasteiger partial charge is 0.402 e. The van der Waals surface area contributed by atoms with Gasteiger partial charge in [0.15, 0.2) is 0 Å². The van der Waals surface area contributed by atoms with E-state index in [0.29, 0.717) is 6.42 Å². The Morgan fingerprint density at radius 1 is 0.737 bits per heavy atom. The highest BCUT2D eigenvalue weighted by molar-refractivity contribution is 4.95. The topological polar surface area (TPSA) is 66.5 Å². The maximum absolute atomic E-state index is 8.66. The Hall–Kier alpha value is -0.800. The predicted molar refractivity (Wildman–Crippen MR) is 81.8 cm³/mol. The summed E-state index contributed by atoms with van der Waals surface area (Å²) in [6.45, 7) is 0.444. The van der Waals surface area contributed by atoms with Gasteiger partial charge in [-0.25, -0.2) is 0 Å². The van der Waals surface area contributed by atoms with E-state index < -0.39 is 0 Å². The number of hydrogen-bond donors (Lipinski definition) is 3. The first kappa shape index (κ1) is 18.2. The third-order valence-electron chi connectivity index (χ3n) is 3.08. The minimum Gasteiger partial charge on any atom is -0.402 e. The van der Waals surface area contributed by atoms with Crippen LogP contribution in [0.15, 0.2) is 23.9 Å². The van der Waals surface area contributed by atoms with Crippen molar-refractivity contribution in [1.29, 1.82) is 0 Å². The summed E-state index contributed by atoms with van der Waals surface area (Å²) in [6, 6.07) is 0. The van der Waals surface area contributed by atoms with Crippen LogP contribution in [0.4, 0.5) is 0 Å². The molecule has 0 amide bonds. The normalized spacial score (nSPS) is 12.4. The summed E-state index contributed by atoms with van der Waals surface area (Å²) in [6.07, 6.45) is 17.2. The lowest BCUT2D eigenvalue weighted by Crippen LogP contribution is -1.97. The number of hydrogen-bond acceptors (Lipinski definition) is 3. The average Bonchev–Trinajstić information content (AvgIpc) is 2.42. The predicted octanol–water partition coefficient (Wildman–Crippen LogP) is 3.27. The van der Waals surface area contributed by atoms with Crippen molar-refractivity contribution in [3.8, 4) is 0 Å². The Balaban J connectivity index is 3.18. The first-order valence-electron chi connectivity index (χ1n) is 7.62. The lowest BCUT2D eigenvalue weighted by Gasteiger charge is -2.02. The standard InChI is InChI=1S/C16H31NO2/c17-16(13-11-15-19)12-9-7-5-3-1-2-4-6-8-10-14-18/h6,8,13,18-19H,1-5,7,9-12,14-15,17H2. The van der Waals surface area contributed by atoms with Crippen molar-refractivity contribution in [2.75, 3.05) is 13.2 Å². The van der Waals surface area contributed by atoms with Gasteiger partial charge in [-0.3, -0.25) is 0 Å². The van der Waals surface area contributed by atoms with E-state index in [2.05, 4.69) is 12.2 Å². The molecular formula is C16H31NO2. The van der Waals surface area contributed by atoms with E-state index in [1.54, 1.807) is 0 Å². The van der Waals surface area contributed by atoms with E-state index >= 15 is 0 Å². The monoisotopic (exact) mass is 269 g/mol. The number of allylic oxidation sites excluding steroid dienone is 2. The minimum atomic E-state index is 0.188. The molecule has 3 nitrogen and oxygen atoms in total. The van der Waals surface area contributed by atoms with E-state index in [-0.39, 0.29) is 13.2 Å². The zero-order chi connectivity index (χ0) is 14.2. The number of rotatable bonds is 13. The van der Waals surface area contributed by atoms with E-state index in [1.807, 2.05) is 6.08 Å². The van der Waals surface area contributed by atoms with Gasteiger partial charge in [0.05, 0.1) is 0 Å². The summed E-state index contributed by atoms with van der Waals surface area (Å²) in [5.41, 5.74) is 6.72. The van der Waals surface area contributed by atoms with Crippen molar-refractivity contribution in [3.63, 3.8) is 0 Å². The van der Waals surface area contributed by atoms with Gasteiger partial charge in [0.25, 0.3) is 0 Å². The molecule has 0 bridgehead atoms. The molecule has 0 saturated carbocycles. The Morgan fingerprint density at radius 2 is 1.32 bits per heavy atom. The van der Waals surface area contributed by atoms with Crippen molar-refractivity contribution < 1.29 is 10.2 Å². The molecule has 112 valence electrons. The minimum absolute atomic E-state index is 0.188. The molecule has 0 spiro atoms. The molecule has 19 heavy (non-hydrogen) atoms. The van der Waals surface area contributed by atoms with E-state index in [4.69, 9.17) is 15.9 Å². The zero-order valence-electron chi connectivity index (χ0n) is 12.2. The third kappa shape index (κ3) is 15.1. The van der Waals surface area contributed by atoms with Crippen LogP contribution in [0.2, 0.25) is 0 Å². The Kier molecular flexibility index (Phi) is 14.6. The second kappa shape index (κ2) is 15.3. The van der Waals surface area contributed by atoms with Crippen LogP contribution in [0.1, 0.15) is 64.2 Å². The molecule has 0 atom stereocenters. The number of nitrogens with two attached hydrogens (primary N) is 1. The number of aliphatic hydroxyl groups is 2. The second-order valence-electron chi connectivity index (χ2n) is 4.94. The van der Waals surface area contributed by atoms with Gasteiger partial charge in [-0.1, -0.05) is 43.9 Å². The first-order valence-corrected chi connectivity index (χ1v) is 7.62. The molecule has 0 aliphatic heterocycles. The molecule has 0 radical (unpaired) electrons. The highest BCUT2D eigenvalue weighted by Gasteiger charge is 1.93. The van der Waals surface area contributed by atoms with E-state index in [9.17, 15) is 0 Å². The molecule has 0 aromatic carbocycles. The molecule has 4 N–H and O–H groups in total. The maximum atomic E-state index is 8.66. The summed E-state index contributed by atoms with van der Waals surface area (Å²) in [7, 11) is 0. The van der Waals surface area contributed by atoms with Gasteiger partial charge in [-0.15, -0.1) is 0 Å². The van der Waals surface area contributed by atoms with Crippen LogP contribution in [0.3, 0.4) is 0 Å². The van der Waals surface area contributed by atoms with Crippen LogP contribution in [-0.2, 0) is 0 Å². The van der Waals surface area contributed by atoms with Crippen molar-refractivity contribution >= 4 is 0 Å². The highest BCUT2D eigenvalue weighted by Crippen LogP contribution is 2.10. The average molecular weight is 269 g/mol. The Morgan fingerprint density at radius 3 is 2.00 bits per heavy atom. The molecule has 0 aliphatic carbocycles. The second-order valence-corrected chi connectivity index (χ2v) is 4.94. The van der Waals surface area contributed by atoms with Gasteiger partial charge in [0, 0.05) is 18.9 Å². The lowest BCUT2D eigenvalue weighted by atomic mass is 10.1. The van der Waals surface area contributed by atoms with Gasteiger partial charge < -0.3 is 15.9 Å². The van der Waals surface area contributed by atoms with Crippen LogP contribution in [0, 0.1) is 0 Å². The summed E-state index contributed by atoms with van der Waals surface area (Å²) in [4.78, 5) is 0. The fourth-order valence-corrected chi connectivity index (χ4v) is 1.96. The fraction of sp³-hybridized carbons (Fsp3) is 0.750. The Bertz CT molecular complexity index is 237. The van der Waals surface area contributed by atoms with E-state index in [1.165, 1.54) is 32.1 Å². The van der Waals surface area contributed by atoms with Crippen LogP contribution < -0.4 is 5.73 Å². The lowest BCUT2D eigenvalue weighted by molar-refractivity contribution is 0.302. The van der Waals surface area contributed by atoms with Crippen molar-refractivity contribution in [2.45, 2.75) is 64.2 Å². The van der Waals surface area contributed by atoms with Gasteiger partial charge in [-0.2, -0.15) is 0 Å². The highest BCUT2D eigenvalue weighted by atomic mass is 16.3. The van der Waals surface area contributed by atoms with Crippen LogP contribution in [0.25, 0.3) is 0 Å². The summed E-state index contributed by atoms with van der Waals surface area (Å²) >= 11 is 0. The zero-order valence-corrected chi connectivity index (χ0v) is 12.2. The molecular weight excluding hydrogens is 238 g/mol. The summed E-state index contributed by atoms with van der Waals surface area (Å²) in [5.74, 6) is 0. The van der Waals surface area contributed by atoms with Crippen molar-refractivity contribution in [3.05, 3.63) is 23.9 Å². The molecule has 0 aliphatic rings. The van der Waals surface area contributed by atoms with Gasteiger partial charge in [0.1, 0.15) is 0 Å². The smallest absolute Gasteiger partial charge is 0.0466 e. The molecule has 0 rings (SSSR count).